The monoisotopic (exact) mass is 423 g/mol. The first-order chi connectivity index (χ1) is 14.5. The second-order valence-corrected chi connectivity index (χ2v) is 7.13. The highest BCUT2D eigenvalue weighted by atomic mass is 35.5. The number of hydrogen-bond donors (Lipinski definition) is 3. The number of rotatable bonds is 7. The van der Waals surface area contributed by atoms with E-state index in [0.29, 0.717) is 17.5 Å². The summed E-state index contributed by atoms with van der Waals surface area (Å²) in [6.45, 7) is 2.20. The first kappa shape index (κ1) is 21.5. The predicted octanol–water partition coefficient (Wildman–Crippen LogP) is 3.47. The first-order valence-corrected chi connectivity index (χ1v) is 9.90. The highest BCUT2D eigenvalue weighted by Crippen LogP contribution is 2.23. The number of nitrogens with zero attached hydrogens (tertiary/aromatic N) is 1. The topological polar surface area (TPSA) is 91.3 Å². The van der Waals surface area contributed by atoms with Gasteiger partial charge in [-0.25, -0.2) is 4.98 Å². The SMILES string of the molecule is Cc1ccc2cc(C=C(NC(=O)c3ccccc3)C(=O)NCCCO)c(Cl)nc2c1. The Kier molecular flexibility index (Phi) is 7.17. The lowest BCUT2D eigenvalue weighted by molar-refractivity contribution is -0.117. The summed E-state index contributed by atoms with van der Waals surface area (Å²) in [7, 11) is 0. The average Bonchev–Trinajstić information content (AvgIpc) is 2.74. The van der Waals surface area contributed by atoms with Gasteiger partial charge in [0, 0.05) is 29.7 Å². The van der Waals surface area contributed by atoms with Gasteiger partial charge < -0.3 is 15.7 Å². The molecule has 1 heterocycles. The van der Waals surface area contributed by atoms with Crippen LogP contribution in [0.15, 0.2) is 60.3 Å². The van der Waals surface area contributed by atoms with Crippen molar-refractivity contribution in [2.75, 3.05) is 13.2 Å². The Morgan fingerprint density at radius 1 is 1.13 bits per heavy atom. The van der Waals surface area contributed by atoms with E-state index in [1.165, 1.54) is 6.08 Å². The Hall–Kier alpha value is -3.22. The van der Waals surface area contributed by atoms with Crippen LogP contribution in [0.1, 0.15) is 27.9 Å². The number of aryl methyl sites for hydroxylation is 1. The summed E-state index contributed by atoms with van der Waals surface area (Å²) in [6, 6.07) is 16.2. The van der Waals surface area contributed by atoms with Crippen molar-refractivity contribution >= 4 is 40.4 Å². The fourth-order valence-electron chi connectivity index (χ4n) is 2.85. The summed E-state index contributed by atoms with van der Waals surface area (Å²) in [6.07, 6.45) is 1.91. The molecule has 3 N–H and O–H groups in total. The summed E-state index contributed by atoms with van der Waals surface area (Å²) in [5.74, 6) is -0.896. The Morgan fingerprint density at radius 2 is 1.90 bits per heavy atom. The Labute approximate surface area is 179 Å². The molecule has 0 radical (unpaired) electrons. The molecule has 6 nitrogen and oxygen atoms in total. The van der Waals surface area contributed by atoms with Crippen LogP contribution in [-0.4, -0.2) is 35.1 Å². The van der Waals surface area contributed by atoms with E-state index in [-0.39, 0.29) is 24.0 Å². The molecule has 0 aliphatic carbocycles. The summed E-state index contributed by atoms with van der Waals surface area (Å²) < 4.78 is 0. The molecule has 1 aromatic heterocycles. The van der Waals surface area contributed by atoms with Crippen LogP contribution >= 0.6 is 11.6 Å². The fourth-order valence-corrected chi connectivity index (χ4v) is 3.05. The molecule has 3 rings (SSSR count). The fraction of sp³-hybridized carbons (Fsp3) is 0.174. The number of fused-ring (bicyclic) bond motifs is 1. The van der Waals surface area contributed by atoms with Crippen LogP contribution in [0.5, 0.6) is 0 Å². The molecule has 7 heteroatoms. The van der Waals surface area contributed by atoms with Crippen molar-refractivity contribution in [3.05, 3.63) is 82.1 Å². The number of halogens is 1. The lowest BCUT2D eigenvalue weighted by Gasteiger charge is -2.12. The molecule has 3 aromatic rings. The van der Waals surface area contributed by atoms with Crippen molar-refractivity contribution in [1.82, 2.24) is 15.6 Å². The van der Waals surface area contributed by atoms with Crippen LogP contribution in [0, 0.1) is 6.92 Å². The van der Waals surface area contributed by atoms with Crippen molar-refractivity contribution < 1.29 is 14.7 Å². The molecule has 0 aliphatic heterocycles. The average molecular weight is 424 g/mol. The minimum atomic E-state index is -0.479. The quantitative estimate of drug-likeness (QED) is 0.308. The molecule has 0 saturated carbocycles. The number of carbonyl (C=O) groups is 2. The van der Waals surface area contributed by atoms with Gasteiger partial charge in [-0.05, 0) is 49.2 Å². The number of pyridine rings is 1. The summed E-state index contributed by atoms with van der Waals surface area (Å²) in [4.78, 5) is 29.7. The third-order valence-electron chi connectivity index (χ3n) is 4.40. The van der Waals surface area contributed by atoms with Crippen LogP contribution < -0.4 is 10.6 Å². The minimum absolute atomic E-state index is 0.0388. The van der Waals surface area contributed by atoms with Gasteiger partial charge in [-0.15, -0.1) is 0 Å². The molecule has 2 amide bonds. The summed E-state index contributed by atoms with van der Waals surface area (Å²) >= 11 is 6.35. The van der Waals surface area contributed by atoms with Gasteiger partial charge in [0.05, 0.1) is 5.52 Å². The number of aromatic nitrogens is 1. The zero-order valence-electron chi connectivity index (χ0n) is 16.5. The van der Waals surface area contributed by atoms with Crippen molar-refractivity contribution in [3.63, 3.8) is 0 Å². The second kappa shape index (κ2) is 10.0. The molecule has 0 saturated heterocycles. The van der Waals surface area contributed by atoms with Gasteiger partial charge in [-0.2, -0.15) is 0 Å². The molecule has 0 spiro atoms. The van der Waals surface area contributed by atoms with Crippen LogP contribution in [0.4, 0.5) is 0 Å². The van der Waals surface area contributed by atoms with Crippen LogP contribution in [-0.2, 0) is 4.79 Å². The highest BCUT2D eigenvalue weighted by Gasteiger charge is 2.15. The van der Waals surface area contributed by atoms with Crippen LogP contribution in [0.2, 0.25) is 5.15 Å². The van der Waals surface area contributed by atoms with Gasteiger partial charge in [-0.1, -0.05) is 41.9 Å². The van der Waals surface area contributed by atoms with Gasteiger partial charge in [0.2, 0.25) is 0 Å². The molecule has 154 valence electrons. The Balaban J connectivity index is 1.96. The third kappa shape index (κ3) is 5.43. The highest BCUT2D eigenvalue weighted by molar-refractivity contribution is 6.31. The summed E-state index contributed by atoms with van der Waals surface area (Å²) in [5.41, 5.74) is 2.78. The lowest BCUT2D eigenvalue weighted by atomic mass is 10.1. The molecule has 0 bridgehead atoms. The van der Waals surface area contributed by atoms with Gasteiger partial charge in [0.25, 0.3) is 11.8 Å². The zero-order chi connectivity index (χ0) is 21.5. The maximum absolute atomic E-state index is 12.7. The molecule has 0 unspecified atom stereocenters. The van der Waals surface area contributed by atoms with Gasteiger partial charge in [-0.3, -0.25) is 9.59 Å². The molecule has 0 atom stereocenters. The maximum atomic E-state index is 12.7. The maximum Gasteiger partial charge on any atom is 0.267 e. The number of aliphatic hydroxyl groups excluding tert-OH is 1. The van der Waals surface area contributed by atoms with E-state index >= 15 is 0 Å². The smallest absolute Gasteiger partial charge is 0.267 e. The van der Waals surface area contributed by atoms with E-state index in [1.807, 2.05) is 31.2 Å². The normalized spacial score (nSPS) is 11.4. The minimum Gasteiger partial charge on any atom is -0.396 e. The first-order valence-electron chi connectivity index (χ1n) is 9.52. The summed E-state index contributed by atoms with van der Waals surface area (Å²) in [5, 5.41) is 15.4. The molecule has 0 aliphatic rings. The second-order valence-electron chi connectivity index (χ2n) is 6.78. The van der Waals surface area contributed by atoms with Gasteiger partial charge in [0.1, 0.15) is 10.9 Å². The third-order valence-corrected chi connectivity index (χ3v) is 4.71. The van der Waals surface area contributed by atoms with E-state index in [1.54, 1.807) is 30.3 Å². The van der Waals surface area contributed by atoms with E-state index < -0.39 is 11.8 Å². The van der Waals surface area contributed by atoms with Gasteiger partial charge in [0.15, 0.2) is 0 Å². The molecular weight excluding hydrogens is 402 g/mol. The largest absolute Gasteiger partial charge is 0.396 e. The lowest BCUT2D eigenvalue weighted by Crippen LogP contribution is -2.35. The van der Waals surface area contributed by atoms with E-state index in [4.69, 9.17) is 16.7 Å². The molecular formula is C23H22ClN3O3. The number of hydrogen-bond acceptors (Lipinski definition) is 4. The van der Waals surface area contributed by atoms with E-state index in [0.717, 1.165) is 16.5 Å². The van der Waals surface area contributed by atoms with Crippen molar-refractivity contribution in [2.24, 2.45) is 0 Å². The number of nitrogens with one attached hydrogen (secondary N) is 2. The number of amides is 2. The van der Waals surface area contributed by atoms with Gasteiger partial charge >= 0.3 is 0 Å². The predicted molar refractivity (Wildman–Crippen MR) is 118 cm³/mol. The zero-order valence-corrected chi connectivity index (χ0v) is 17.2. The number of carbonyl (C=O) groups excluding carboxylic acids is 2. The van der Waals surface area contributed by atoms with Crippen molar-refractivity contribution in [1.29, 1.82) is 0 Å². The van der Waals surface area contributed by atoms with Crippen molar-refractivity contribution in [2.45, 2.75) is 13.3 Å². The van der Waals surface area contributed by atoms with Crippen molar-refractivity contribution in [3.8, 4) is 0 Å². The number of benzene rings is 2. The van der Waals surface area contributed by atoms with Crippen LogP contribution in [0.25, 0.3) is 17.0 Å². The van der Waals surface area contributed by atoms with Crippen LogP contribution in [0.3, 0.4) is 0 Å². The number of aliphatic hydroxyl groups is 1. The standard InChI is InChI=1S/C23H22ClN3O3/c1-15-8-9-17-13-18(21(24)26-19(17)12-15)14-20(23(30)25-10-5-11-28)27-22(29)16-6-3-2-4-7-16/h2-4,6-9,12-14,28H,5,10-11H2,1H3,(H,25,30)(H,27,29). The van der Waals surface area contributed by atoms with E-state index in [2.05, 4.69) is 15.6 Å². The Morgan fingerprint density at radius 3 is 2.63 bits per heavy atom. The molecule has 0 fully saturated rings. The molecule has 30 heavy (non-hydrogen) atoms. The molecule has 2 aromatic carbocycles. The van der Waals surface area contributed by atoms with E-state index in [9.17, 15) is 9.59 Å². The Bertz CT molecular complexity index is 1100.